The van der Waals surface area contributed by atoms with Crippen molar-refractivity contribution in [3.8, 4) is 12.1 Å². The van der Waals surface area contributed by atoms with Gasteiger partial charge in [-0.05, 0) is 24.6 Å². The molecule has 0 aliphatic carbocycles. The number of aryl methyl sites for hydroxylation is 1. The van der Waals surface area contributed by atoms with Crippen molar-refractivity contribution < 1.29 is 16.8 Å². The monoisotopic (exact) mass is 454 g/mol. The lowest BCUT2D eigenvalue weighted by molar-refractivity contribution is 0.434. The summed E-state index contributed by atoms with van der Waals surface area (Å²) in [5.41, 5.74) is 2.59. The summed E-state index contributed by atoms with van der Waals surface area (Å²) in [4.78, 5) is -0.720. The molecule has 0 spiro atoms. The van der Waals surface area contributed by atoms with Crippen LogP contribution in [0.25, 0.3) is 0 Å². The molecule has 0 aromatic heterocycles. The molecule has 1 N–H and O–H groups in total. The summed E-state index contributed by atoms with van der Waals surface area (Å²) in [6, 6.07) is 5.61. The van der Waals surface area contributed by atoms with Gasteiger partial charge in [0.2, 0.25) is 25.8 Å². The van der Waals surface area contributed by atoms with E-state index in [4.69, 9.17) is 10.5 Å². The maximum atomic E-state index is 13.2. The molecule has 0 saturated carbocycles. The molecule has 10 nitrogen and oxygen atoms in total. The van der Waals surface area contributed by atoms with E-state index in [-0.39, 0.29) is 36.8 Å². The molecule has 0 fully saturated rings. The highest BCUT2D eigenvalue weighted by atomic mass is 32.2. The third-order valence-corrected chi connectivity index (χ3v) is 8.75. The van der Waals surface area contributed by atoms with Crippen molar-refractivity contribution in [2.24, 2.45) is 5.10 Å². The lowest BCUT2D eigenvalue weighted by Crippen LogP contribution is -2.35. The van der Waals surface area contributed by atoms with Crippen LogP contribution in [0.4, 0.5) is 5.69 Å². The molecule has 0 heterocycles. The Bertz CT molecular complexity index is 1070. The third-order valence-electron chi connectivity index (χ3n) is 4.44. The number of hydrogen-bond donors (Lipinski definition) is 1. The molecule has 0 radical (unpaired) electrons. The average Bonchev–Trinajstić information content (AvgIpc) is 2.70. The zero-order chi connectivity index (χ0) is 23.1. The van der Waals surface area contributed by atoms with E-state index in [2.05, 4.69) is 10.5 Å². The van der Waals surface area contributed by atoms with Gasteiger partial charge >= 0.3 is 0 Å². The maximum Gasteiger partial charge on any atom is 0.244 e. The SMILES string of the molecule is CCN(CC)S(=O)(=O)c1cc(C)c(NN=C(C#N)C#N)cc1S(=O)(=O)N(CC)CC. The average molecular weight is 455 g/mol. The van der Waals surface area contributed by atoms with E-state index >= 15 is 0 Å². The minimum absolute atomic E-state index is 0.158. The number of hydrazone groups is 1. The van der Waals surface area contributed by atoms with Crippen molar-refractivity contribution in [1.29, 1.82) is 10.5 Å². The first-order chi connectivity index (χ1) is 14.0. The van der Waals surface area contributed by atoms with Crippen LogP contribution in [0.5, 0.6) is 0 Å². The molecular formula is C18H26N6O4S2. The molecule has 1 aromatic carbocycles. The number of nitrogens with one attached hydrogen (secondary N) is 1. The third kappa shape index (κ3) is 5.15. The smallest absolute Gasteiger partial charge is 0.244 e. The topological polar surface area (TPSA) is 147 Å². The van der Waals surface area contributed by atoms with Gasteiger partial charge in [0.25, 0.3) is 0 Å². The van der Waals surface area contributed by atoms with Crippen LogP contribution < -0.4 is 5.43 Å². The standard InChI is InChI=1S/C18H26N6O4S2/c1-6-23(7-2)29(25,26)17-10-14(5)16(22-21-15(12-19)13-20)11-18(17)30(27,28)24(8-3)9-4/h10-11,22H,6-9H2,1-5H3. The molecule has 0 amide bonds. The van der Waals surface area contributed by atoms with E-state index < -0.39 is 30.7 Å². The Kier molecular flexibility index (Phi) is 8.93. The van der Waals surface area contributed by atoms with Gasteiger partial charge in [-0.1, -0.05) is 27.7 Å². The molecule has 0 bridgehead atoms. The molecule has 0 atom stereocenters. The van der Waals surface area contributed by atoms with Crippen molar-refractivity contribution in [1.82, 2.24) is 8.61 Å². The van der Waals surface area contributed by atoms with Gasteiger partial charge in [-0.2, -0.15) is 24.2 Å². The lowest BCUT2D eigenvalue weighted by Gasteiger charge is -2.24. The Morgan fingerprint density at radius 1 is 0.900 bits per heavy atom. The summed E-state index contributed by atoms with van der Waals surface area (Å²) in [6.45, 7) is 8.90. The van der Waals surface area contributed by atoms with Crippen LogP contribution in [-0.2, 0) is 20.0 Å². The quantitative estimate of drug-likeness (QED) is 0.419. The van der Waals surface area contributed by atoms with E-state index in [1.807, 2.05) is 0 Å². The van der Waals surface area contributed by atoms with Crippen molar-refractivity contribution >= 4 is 31.4 Å². The van der Waals surface area contributed by atoms with Gasteiger partial charge in [0.05, 0.1) is 5.69 Å². The minimum atomic E-state index is -4.14. The zero-order valence-corrected chi connectivity index (χ0v) is 19.3. The normalized spacial score (nSPS) is 11.8. The molecule has 0 saturated heterocycles. The largest absolute Gasteiger partial charge is 0.276 e. The molecule has 0 aliphatic heterocycles. The predicted octanol–water partition coefficient (Wildman–Crippen LogP) is 1.87. The number of nitrogens with zero attached hydrogens (tertiary/aromatic N) is 5. The van der Waals surface area contributed by atoms with Gasteiger partial charge in [0.1, 0.15) is 21.9 Å². The first kappa shape index (κ1) is 25.5. The summed E-state index contributed by atoms with van der Waals surface area (Å²) in [5, 5.41) is 21.3. The molecule has 30 heavy (non-hydrogen) atoms. The number of anilines is 1. The molecule has 0 unspecified atom stereocenters. The van der Waals surface area contributed by atoms with Gasteiger partial charge in [-0.3, -0.25) is 5.43 Å². The number of benzene rings is 1. The first-order valence-electron chi connectivity index (χ1n) is 9.33. The molecule has 1 rings (SSSR count). The van der Waals surface area contributed by atoms with E-state index in [9.17, 15) is 16.8 Å². The predicted molar refractivity (Wildman–Crippen MR) is 114 cm³/mol. The Labute approximate surface area is 178 Å². The fourth-order valence-corrected chi connectivity index (χ4v) is 6.55. The van der Waals surface area contributed by atoms with Gasteiger partial charge in [-0.15, -0.1) is 0 Å². The molecule has 164 valence electrons. The van der Waals surface area contributed by atoms with E-state index in [0.717, 1.165) is 4.31 Å². The highest BCUT2D eigenvalue weighted by Gasteiger charge is 2.33. The van der Waals surface area contributed by atoms with Crippen LogP contribution in [0.15, 0.2) is 27.0 Å². The highest BCUT2D eigenvalue weighted by molar-refractivity contribution is 7.92. The zero-order valence-electron chi connectivity index (χ0n) is 17.7. The highest BCUT2D eigenvalue weighted by Crippen LogP contribution is 2.32. The van der Waals surface area contributed by atoms with Crippen LogP contribution >= 0.6 is 0 Å². The summed E-state index contributed by atoms with van der Waals surface area (Å²) >= 11 is 0. The fraction of sp³-hybridized carbons (Fsp3) is 0.500. The first-order valence-corrected chi connectivity index (χ1v) is 12.2. The Hall–Kier alpha value is -2.51. The number of sulfonamides is 2. The van der Waals surface area contributed by atoms with Crippen molar-refractivity contribution in [3.05, 3.63) is 17.7 Å². The van der Waals surface area contributed by atoms with Gasteiger partial charge in [0.15, 0.2) is 0 Å². The van der Waals surface area contributed by atoms with E-state index in [0.29, 0.717) is 5.56 Å². The van der Waals surface area contributed by atoms with Gasteiger partial charge in [-0.25, -0.2) is 16.8 Å². The van der Waals surface area contributed by atoms with Gasteiger partial charge in [0, 0.05) is 26.2 Å². The van der Waals surface area contributed by atoms with Crippen LogP contribution in [0.3, 0.4) is 0 Å². The Morgan fingerprint density at radius 2 is 1.30 bits per heavy atom. The number of rotatable bonds is 10. The lowest BCUT2D eigenvalue weighted by atomic mass is 10.2. The maximum absolute atomic E-state index is 13.2. The van der Waals surface area contributed by atoms with Crippen molar-refractivity contribution in [3.63, 3.8) is 0 Å². The summed E-state index contributed by atoms with van der Waals surface area (Å²) in [5.74, 6) is 0. The van der Waals surface area contributed by atoms with Crippen LogP contribution in [-0.4, -0.2) is 57.3 Å². The Balaban J connectivity index is 3.88. The fourth-order valence-electron chi connectivity index (χ4n) is 2.78. The van der Waals surface area contributed by atoms with Crippen molar-refractivity contribution in [2.45, 2.75) is 44.4 Å². The summed E-state index contributed by atoms with van der Waals surface area (Å²) in [7, 11) is -8.23. The van der Waals surface area contributed by atoms with Crippen LogP contribution in [0.1, 0.15) is 33.3 Å². The second-order valence-electron chi connectivity index (χ2n) is 6.09. The molecule has 1 aromatic rings. The van der Waals surface area contributed by atoms with E-state index in [1.54, 1.807) is 46.8 Å². The number of nitriles is 2. The minimum Gasteiger partial charge on any atom is -0.276 e. The molecular weight excluding hydrogens is 428 g/mol. The second kappa shape index (κ2) is 10.5. The van der Waals surface area contributed by atoms with Gasteiger partial charge < -0.3 is 0 Å². The molecule has 0 aliphatic rings. The van der Waals surface area contributed by atoms with Crippen LogP contribution in [0, 0.1) is 29.6 Å². The van der Waals surface area contributed by atoms with Crippen molar-refractivity contribution in [2.75, 3.05) is 31.6 Å². The number of hydrogen-bond acceptors (Lipinski definition) is 8. The second-order valence-corrected chi connectivity index (χ2v) is 9.90. The van der Waals surface area contributed by atoms with Crippen LogP contribution in [0.2, 0.25) is 0 Å². The molecule has 12 heteroatoms. The summed E-state index contributed by atoms with van der Waals surface area (Å²) < 4.78 is 55.2. The van der Waals surface area contributed by atoms with E-state index in [1.165, 1.54) is 16.4 Å². The summed E-state index contributed by atoms with van der Waals surface area (Å²) in [6.07, 6.45) is 0. The Morgan fingerprint density at radius 3 is 1.67 bits per heavy atom.